The van der Waals surface area contributed by atoms with Gasteiger partial charge in [-0.05, 0) is 50.8 Å². The van der Waals surface area contributed by atoms with Crippen molar-refractivity contribution in [1.29, 1.82) is 0 Å². The van der Waals surface area contributed by atoms with Crippen LogP contribution in [0.4, 0.5) is 4.39 Å². The molecule has 2 saturated heterocycles. The van der Waals surface area contributed by atoms with E-state index in [1.807, 2.05) is 30.9 Å². The number of benzene rings is 1. The normalized spacial score (nSPS) is 24.5. The summed E-state index contributed by atoms with van der Waals surface area (Å²) in [5.41, 5.74) is 0.998. The molecule has 0 N–H and O–H groups in total. The van der Waals surface area contributed by atoms with Gasteiger partial charge in [-0.1, -0.05) is 12.1 Å². The average Bonchev–Trinajstić information content (AvgIpc) is 2.59. The van der Waals surface area contributed by atoms with Gasteiger partial charge >= 0.3 is 0 Å². The first-order valence-electron chi connectivity index (χ1n) is 8.95. The van der Waals surface area contributed by atoms with E-state index in [9.17, 15) is 9.18 Å². The van der Waals surface area contributed by atoms with E-state index < -0.39 is 0 Å². The van der Waals surface area contributed by atoms with Crippen LogP contribution in [-0.2, 0) is 16.0 Å². The summed E-state index contributed by atoms with van der Waals surface area (Å²) in [6.07, 6.45) is 2.53. The third-order valence-electron chi connectivity index (χ3n) is 5.34. The van der Waals surface area contributed by atoms with Crippen LogP contribution in [0.15, 0.2) is 24.3 Å². The van der Waals surface area contributed by atoms with Gasteiger partial charge in [-0.3, -0.25) is 4.79 Å². The van der Waals surface area contributed by atoms with Gasteiger partial charge in [0.25, 0.3) is 5.91 Å². The Balaban J connectivity index is 1.52. The van der Waals surface area contributed by atoms with Gasteiger partial charge in [0.2, 0.25) is 0 Å². The molecular formula is C19H27FN2O2. The van der Waals surface area contributed by atoms with E-state index in [4.69, 9.17) is 4.74 Å². The SMILES string of the molecule is CCN1CC2(CCN(CCc3ccc(F)cc3)CC2)O[C@H](C)C1=O. The van der Waals surface area contributed by atoms with Gasteiger partial charge in [0.1, 0.15) is 11.9 Å². The number of likely N-dealkylation sites (tertiary alicyclic amines) is 1. The Morgan fingerprint density at radius 1 is 1.25 bits per heavy atom. The molecule has 0 radical (unpaired) electrons. The summed E-state index contributed by atoms with van der Waals surface area (Å²) in [7, 11) is 0. The second-order valence-corrected chi connectivity index (χ2v) is 7.01. The number of piperidine rings is 1. The van der Waals surface area contributed by atoms with Crippen molar-refractivity contribution >= 4 is 5.91 Å². The van der Waals surface area contributed by atoms with Crippen LogP contribution < -0.4 is 0 Å². The minimum atomic E-state index is -0.329. The predicted molar refractivity (Wildman–Crippen MR) is 91.3 cm³/mol. The molecule has 2 aliphatic heterocycles. The van der Waals surface area contributed by atoms with Gasteiger partial charge in [0.15, 0.2) is 0 Å². The van der Waals surface area contributed by atoms with Crippen LogP contribution in [0.3, 0.4) is 0 Å². The summed E-state index contributed by atoms with van der Waals surface area (Å²) >= 11 is 0. The van der Waals surface area contributed by atoms with Gasteiger partial charge in [-0.25, -0.2) is 4.39 Å². The number of rotatable bonds is 4. The molecule has 1 amide bonds. The number of likely N-dealkylation sites (N-methyl/N-ethyl adjacent to an activating group) is 1. The van der Waals surface area contributed by atoms with Gasteiger partial charge in [0, 0.05) is 32.7 Å². The molecular weight excluding hydrogens is 307 g/mol. The van der Waals surface area contributed by atoms with Crippen LogP contribution in [0.1, 0.15) is 32.3 Å². The summed E-state index contributed by atoms with van der Waals surface area (Å²) < 4.78 is 19.1. The third-order valence-corrected chi connectivity index (χ3v) is 5.34. The Bertz CT molecular complexity index is 567. The van der Waals surface area contributed by atoms with Gasteiger partial charge in [0.05, 0.1) is 5.60 Å². The fourth-order valence-electron chi connectivity index (χ4n) is 3.81. The molecule has 0 saturated carbocycles. The molecule has 1 aromatic rings. The first-order chi connectivity index (χ1) is 11.5. The zero-order valence-electron chi connectivity index (χ0n) is 14.6. The van der Waals surface area contributed by atoms with Crippen molar-refractivity contribution in [2.75, 3.05) is 32.7 Å². The lowest BCUT2D eigenvalue weighted by molar-refractivity contribution is -0.189. The van der Waals surface area contributed by atoms with Crippen molar-refractivity contribution in [1.82, 2.24) is 9.80 Å². The molecule has 1 spiro atoms. The molecule has 24 heavy (non-hydrogen) atoms. The van der Waals surface area contributed by atoms with Crippen molar-refractivity contribution in [2.24, 2.45) is 0 Å². The van der Waals surface area contributed by atoms with Gasteiger partial charge in [-0.15, -0.1) is 0 Å². The smallest absolute Gasteiger partial charge is 0.251 e. The molecule has 2 aliphatic rings. The summed E-state index contributed by atoms with van der Waals surface area (Å²) in [5, 5.41) is 0. The molecule has 2 heterocycles. The van der Waals surface area contributed by atoms with Crippen LogP contribution in [0, 0.1) is 5.82 Å². The van der Waals surface area contributed by atoms with Crippen molar-refractivity contribution in [2.45, 2.75) is 44.8 Å². The van der Waals surface area contributed by atoms with Crippen LogP contribution in [-0.4, -0.2) is 60.1 Å². The number of halogens is 1. The molecule has 1 aromatic carbocycles. The Kier molecular flexibility index (Phi) is 5.21. The number of hydrogen-bond donors (Lipinski definition) is 0. The average molecular weight is 334 g/mol. The highest BCUT2D eigenvalue weighted by atomic mass is 19.1. The molecule has 0 unspecified atom stereocenters. The third kappa shape index (κ3) is 3.78. The maximum Gasteiger partial charge on any atom is 0.251 e. The molecule has 0 bridgehead atoms. The topological polar surface area (TPSA) is 32.8 Å². The van der Waals surface area contributed by atoms with E-state index in [2.05, 4.69) is 4.90 Å². The summed E-state index contributed by atoms with van der Waals surface area (Å²) in [6, 6.07) is 6.76. The molecule has 132 valence electrons. The highest BCUT2D eigenvalue weighted by molar-refractivity contribution is 5.81. The molecule has 4 nitrogen and oxygen atoms in total. The molecule has 2 fully saturated rings. The first-order valence-corrected chi connectivity index (χ1v) is 8.95. The Morgan fingerprint density at radius 3 is 2.54 bits per heavy atom. The lowest BCUT2D eigenvalue weighted by atomic mass is 9.88. The molecule has 0 aromatic heterocycles. The molecule has 1 atom stereocenters. The largest absolute Gasteiger partial charge is 0.360 e. The van der Waals surface area contributed by atoms with E-state index >= 15 is 0 Å². The second kappa shape index (κ2) is 7.19. The van der Waals surface area contributed by atoms with E-state index in [-0.39, 0.29) is 23.4 Å². The minimum Gasteiger partial charge on any atom is -0.360 e. The number of carbonyl (C=O) groups is 1. The van der Waals surface area contributed by atoms with E-state index in [1.54, 1.807) is 0 Å². The van der Waals surface area contributed by atoms with E-state index in [0.717, 1.165) is 52.0 Å². The van der Waals surface area contributed by atoms with E-state index in [1.165, 1.54) is 17.7 Å². The summed E-state index contributed by atoms with van der Waals surface area (Å²) in [5.74, 6) is -0.0703. The Morgan fingerprint density at radius 2 is 1.92 bits per heavy atom. The number of carbonyl (C=O) groups excluding carboxylic acids is 1. The Hall–Kier alpha value is -1.46. The number of nitrogens with zero attached hydrogens (tertiary/aromatic N) is 2. The lowest BCUT2D eigenvalue weighted by Crippen LogP contribution is -2.61. The molecule has 5 heteroatoms. The number of morpholine rings is 1. The molecule has 3 rings (SSSR count). The standard InChI is InChI=1S/C19H27FN2O2/c1-3-22-14-19(24-15(2)18(22)23)9-12-21(13-10-19)11-8-16-4-6-17(20)7-5-16/h4-7,15H,3,8-14H2,1-2H3/t15-/m1/s1. The van der Waals surface area contributed by atoms with E-state index in [0.29, 0.717) is 0 Å². The summed E-state index contributed by atoms with van der Waals surface area (Å²) in [6.45, 7) is 8.32. The zero-order chi connectivity index (χ0) is 17.2. The maximum atomic E-state index is 13.0. The van der Waals surface area contributed by atoms with Crippen molar-refractivity contribution in [3.8, 4) is 0 Å². The highest BCUT2D eigenvalue weighted by Crippen LogP contribution is 2.32. The molecule has 0 aliphatic carbocycles. The van der Waals surface area contributed by atoms with Crippen LogP contribution in [0.25, 0.3) is 0 Å². The Labute approximate surface area is 143 Å². The van der Waals surface area contributed by atoms with Crippen LogP contribution >= 0.6 is 0 Å². The van der Waals surface area contributed by atoms with Crippen molar-refractivity contribution in [3.63, 3.8) is 0 Å². The predicted octanol–water partition coefficient (Wildman–Crippen LogP) is 2.47. The maximum absolute atomic E-state index is 13.0. The zero-order valence-corrected chi connectivity index (χ0v) is 14.6. The monoisotopic (exact) mass is 334 g/mol. The van der Waals surface area contributed by atoms with Crippen molar-refractivity contribution in [3.05, 3.63) is 35.6 Å². The fourth-order valence-corrected chi connectivity index (χ4v) is 3.81. The van der Waals surface area contributed by atoms with Crippen LogP contribution in [0.5, 0.6) is 0 Å². The van der Waals surface area contributed by atoms with Gasteiger partial charge in [-0.2, -0.15) is 0 Å². The fraction of sp³-hybridized carbons (Fsp3) is 0.632. The van der Waals surface area contributed by atoms with Gasteiger partial charge < -0.3 is 14.5 Å². The number of ether oxygens (including phenoxy) is 1. The highest BCUT2D eigenvalue weighted by Gasteiger charge is 2.44. The quantitative estimate of drug-likeness (QED) is 0.848. The minimum absolute atomic E-state index is 0.113. The number of hydrogen-bond acceptors (Lipinski definition) is 3. The summed E-state index contributed by atoms with van der Waals surface area (Å²) in [4.78, 5) is 16.5. The lowest BCUT2D eigenvalue weighted by Gasteiger charge is -2.49. The number of amides is 1. The second-order valence-electron chi connectivity index (χ2n) is 7.01. The first kappa shape index (κ1) is 17.4. The van der Waals surface area contributed by atoms with Crippen LogP contribution in [0.2, 0.25) is 0 Å². The van der Waals surface area contributed by atoms with Crippen molar-refractivity contribution < 1.29 is 13.9 Å².